The van der Waals surface area contributed by atoms with Crippen molar-refractivity contribution in [3.8, 4) is 6.07 Å². The normalized spacial score (nSPS) is 10.1. The first-order valence-electron chi connectivity index (χ1n) is 3.59. The molecule has 0 aliphatic rings. The molecule has 1 rings (SSSR count). The topological polar surface area (TPSA) is 74.0 Å². The maximum absolute atomic E-state index is 12.3. The predicted octanol–water partition coefficient (Wildman–Crippen LogP) is 2.19. The third-order valence-electron chi connectivity index (χ3n) is 1.52. The third kappa shape index (κ3) is 2.38. The molecular formula is C8H3F2IN2O2. The molecule has 0 unspecified atom stereocenters. The molecule has 15 heavy (non-hydrogen) atoms. The second kappa shape index (κ2) is 4.48. The zero-order valence-electron chi connectivity index (χ0n) is 7.04. The fraction of sp³-hybridized carbons (Fsp3) is 0.125. The first-order chi connectivity index (χ1) is 6.97. The fourth-order valence-corrected chi connectivity index (χ4v) is 1.51. The quantitative estimate of drug-likeness (QED) is 0.847. The van der Waals surface area contributed by atoms with Crippen LogP contribution in [-0.2, 0) is 0 Å². The summed E-state index contributed by atoms with van der Waals surface area (Å²) in [5, 5.41) is 17.3. The van der Waals surface area contributed by atoms with Crippen molar-refractivity contribution in [2.75, 3.05) is 0 Å². The van der Waals surface area contributed by atoms with Gasteiger partial charge in [0.15, 0.2) is 5.69 Å². The lowest BCUT2D eigenvalue weighted by Crippen LogP contribution is -2.08. The molecule has 1 heterocycles. The summed E-state index contributed by atoms with van der Waals surface area (Å²) in [4.78, 5) is 13.9. The number of carboxylic acid groups (broad SMARTS) is 1. The maximum Gasteiger partial charge on any atom is 0.355 e. The Kier molecular flexibility index (Phi) is 3.52. The zero-order valence-corrected chi connectivity index (χ0v) is 9.20. The van der Waals surface area contributed by atoms with Crippen LogP contribution in [0.3, 0.4) is 0 Å². The molecule has 0 aromatic carbocycles. The van der Waals surface area contributed by atoms with Crippen LogP contribution in [0.1, 0.15) is 28.2 Å². The van der Waals surface area contributed by atoms with E-state index in [9.17, 15) is 13.6 Å². The van der Waals surface area contributed by atoms with Crippen LogP contribution in [0.4, 0.5) is 8.78 Å². The molecule has 0 aliphatic carbocycles. The van der Waals surface area contributed by atoms with Crippen molar-refractivity contribution in [1.29, 1.82) is 5.26 Å². The Labute approximate surface area is 96.7 Å². The van der Waals surface area contributed by atoms with Gasteiger partial charge in [-0.15, -0.1) is 0 Å². The van der Waals surface area contributed by atoms with Crippen LogP contribution >= 0.6 is 22.6 Å². The van der Waals surface area contributed by atoms with E-state index in [1.165, 1.54) is 0 Å². The van der Waals surface area contributed by atoms with Crippen molar-refractivity contribution in [3.63, 3.8) is 0 Å². The lowest BCUT2D eigenvalue weighted by Gasteiger charge is -2.04. The Bertz CT molecular complexity index is 457. The van der Waals surface area contributed by atoms with E-state index >= 15 is 0 Å². The molecule has 78 valence electrons. The minimum atomic E-state index is -2.90. The molecule has 1 aromatic rings. The molecular weight excluding hydrogens is 321 g/mol. The summed E-state index contributed by atoms with van der Waals surface area (Å²) >= 11 is 1.59. The number of nitrogens with zero attached hydrogens (tertiary/aromatic N) is 2. The van der Waals surface area contributed by atoms with Gasteiger partial charge in [0.05, 0.1) is 9.13 Å². The van der Waals surface area contributed by atoms with Crippen LogP contribution in [0.15, 0.2) is 6.07 Å². The molecule has 0 amide bonds. The minimum Gasteiger partial charge on any atom is -0.476 e. The van der Waals surface area contributed by atoms with Crippen LogP contribution in [-0.4, -0.2) is 16.1 Å². The summed E-state index contributed by atoms with van der Waals surface area (Å²) in [6.07, 6.45) is -2.90. The monoisotopic (exact) mass is 324 g/mol. The SMILES string of the molecule is N#Cc1cc(C(F)F)nc(C(=O)O)c1I. The van der Waals surface area contributed by atoms with E-state index in [4.69, 9.17) is 10.4 Å². The van der Waals surface area contributed by atoms with E-state index in [2.05, 4.69) is 4.98 Å². The number of nitriles is 1. The summed E-state index contributed by atoms with van der Waals surface area (Å²) in [5.74, 6) is -1.43. The second-order valence-corrected chi connectivity index (χ2v) is 3.55. The van der Waals surface area contributed by atoms with Crippen LogP contribution in [0, 0.1) is 14.9 Å². The van der Waals surface area contributed by atoms with Crippen molar-refractivity contribution < 1.29 is 18.7 Å². The summed E-state index contributed by atoms with van der Waals surface area (Å²) in [6, 6.07) is 2.53. The van der Waals surface area contributed by atoms with Crippen molar-refractivity contribution in [2.24, 2.45) is 0 Å². The second-order valence-electron chi connectivity index (χ2n) is 2.47. The molecule has 4 nitrogen and oxygen atoms in total. The smallest absolute Gasteiger partial charge is 0.355 e. The molecule has 7 heteroatoms. The van der Waals surface area contributed by atoms with E-state index < -0.39 is 23.8 Å². The number of carboxylic acids is 1. The number of aromatic nitrogens is 1. The molecule has 0 aliphatic heterocycles. The Morgan fingerprint density at radius 3 is 2.67 bits per heavy atom. The van der Waals surface area contributed by atoms with Crippen molar-refractivity contribution >= 4 is 28.6 Å². The molecule has 0 atom stereocenters. The first kappa shape index (κ1) is 11.8. The van der Waals surface area contributed by atoms with Crippen LogP contribution in [0.2, 0.25) is 0 Å². The van der Waals surface area contributed by atoms with Gasteiger partial charge in [0.1, 0.15) is 11.8 Å². The van der Waals surface area contributed by atoms with Gasteiger partial charge >= 0.3 is 5.97 Å². The highest BCUT2D eigenvalue weighted by Crippen LogP contribution is 2.22. The number of hydrogen-bond donors (Lipinski definition) is 1. The number of alkyl halides is 2. The zero-order chi connectivity index (χ0) is 11.6. The van der Waals surface area contributed by atoms with Crippen molar-refractivity contribution in [2.45, 2.75) is 6.43 Å². The summed E-state index contributed by atoms with van der Waals surface area (Å²) in [6.45, 7) is 0. The van der Waals surface area contributed by atoms with Crippen molar-refractivity contribution in [1.82, 2.24) is 4.98 Å². The first-order valence-corrected chi connectivity index (χ1v) is 4.67. The van der Waals surface area contributed by atoms with Gasteiger partial charge in [-0.3, -0.25) is 0 Å². The number of halogens is 3. The van der Waals surface area contributed by atoms with Gasteiger partial charge in [-0.05, 0) is 28.7 Å². The van der Waals surface area contributed by atoms with E-state index in [0.29, 0.717) is 0 Å². The predicted molar refractivity (Wildman–Crippen MR) is 53.6 cm³/mol. The molecule has 0 bridgehead atoms. The van der Waals surface area contributed by atoms with Crippen LogP contribution in [0.25, 0.3) is 0 Å². The van der Waals surface area contributed by atoms with Gasteiger partial charge < -0.3 is 5.11 Å². The van der Waals surface area contributed by atoms with E-state index in [-0.39, 0.29) is 9.13 Å². The van der Waals surface area contributed by atoms with Crippen LogP contribution < -0.4 is 0 Å². The Morgan fingerprint density at radius 2 is 2.27 bits per heavy atom. The number of carbonyl (C=O) groups is 1. The Morgan fingerprint density at radius 1 is 1.67 bits per heavy atom. The van der Waals surface area contributed by atoms with Gasteiger partial charge in [-0.1, -0.05) is 0 Å². The molecule has 0 radical (unpaired) electrons. The molecule has 0 saturated heterocycles. The maximum atomic E-state index is 12.3. The minimum absolute atomic E-state index is 0.0620. The lowest BCUT2D eigenvalue weighted by atomic mass is 10.2. The highest BCUT2D eigenvalue weighted by atomic mass is 127. The lowest BCUT2D eigenvalue weighted by molar-refractivity contribution is 0.0687. The largest absolute Gasteiger partial charge is 0.476 e. The van der Waals surface area contributed by atoms with Crippen molar-refractivity contribution in [3.05, 3.63) is 26.6 Å². The number of rotatable bonds is 2. The van der Waals surface area contributed by atoms with Gasteiger partial charge in [0.2, 0.25) is 0 Å². The van der Waals surface area contributed by atoms with E-state index in [0.717, 1.165) is 6.07 Å². The highest BCUT2D eigenvalue weighted by molar-refractivity contribution is 14.1. The standard InChI is InChI=1S/C8H3F2IN2O2/c9-7(10)4-1-3(2-12)5(11)6(13-4)8(14)15/h1,7H,(H,14,15). The molecule has 0 spiro atoms. The molecule has 0 saturated carbocycles. The van der Waals surface area contributed by atoms with Crippen LogP contribution in [0.5, 0.6) is 0 Å². The molecule has 1 aromatic heterocycles. The Balaban J connectivity index is 3.47. The summed E-state index contributed by atoms with van der Waals surface area (Å²) in [7, 11) is 0. The molecule has 1 N–H and O–H groups in total. The average Bonchev–Trinajstić information content (AvgIpc) is 2.17. The third-order valence-corrected chi connectivity index (χ3v) is 2.62. The average molecular weight is 324 g/mol. The van der Waals surface area contributed by atoms with E-state index in [1.54, 1.807) is 28.7 Å². The fourth-order valence-electron chi connectivity index (χ4n) is 0.884. The van der Waals surface area contributed by atoms with Gasteiger partial charge in [-0.2, -0.15) is 5.26 Å². The Hall–Kier alpha value is -1.30. The molecule has 0 fully saturated rings. The van der Waals surface area contributed by atoms with Gasteiger partial charge in [0.25, 0.3) is 6.43 Å². The summed E-state index contributed by atoms with van der Waals surface area (Å²) < 4.78 is 24.6. The summed E-state index contributed by atoms with van der Waals surface area (Å²) in [5.41, 5.74) is -1.34. The van der Waals surface area contributed by atoms with Gasteiger partial charge in [-0.25, -0.2) is 18.6 Å². The number of aromatic carboxylic acids is 1. The highest BCUT2D eigenvalue weighted by Gasteiger charge is 2.19. The van der Waals surface area contributed by atoms with E-state index in [1.807, 2.05) is 0 Å². The van der Waals surface area contributed by atoms with Gasteiger partial charge in [0, 0.05) is 0 Å². The number of pyridine rings is 1. The number of hydrogen-bond acceptors (Lipinski definition) is 3.